The molecule has 15 heavy (non-hydrogen) atoms. The van der Waals surface area contributed by atoms with Crippen LogP contribution in [-0.2, 0) is 14.3 Å². The first-order valence-corrected chi connectivity index (χ1v) is 4.57. The van der Waals surface area contributed by atoms with Crippen LogP contribution in [0, 0.1) is 5.92 Å². The summed E-state index contributed by atoms with van der Waals surface area (Å²) < 4.78 is 4.53. The minimum Gasteiger partial charge on any atom is -0.467 e. The van der Waals surface area contributed by atoms with Crippen molar-refractivity contribution in [3.63, 3.8) is 0 Å². The molecule has 0 aliphatic heterocycles. The van der Waals surface area contributed by atoms with Gasteiger partial charge in [0, 0.05) is 0 Å². The van der Waals surface area contributed by atoms with Crippen LogP contribution in [0.5, 0.6) is 0 Å². The van der Waals surface area contributed by atoms with Crippen molar-refractivity contribution in [1.82, 2.24) is 5.32 Å². The molecule has 6 heteroatoms. The first-order valence-electron chi connectivity index (χ1n) is 4.57. The van der Waals surface area contributed by atoms with E-state index in [1.54, 1.807) is 0 Å². The van der Waals surface area contributed by atoms with Crippen molar-refractivity contribution in [1.29, 1.82) is 0 Å². The quantitative estimate of drug-likeness (QED) is 0.301. The van der Waals surface area contributed by atoms with Gasteiger partial charge in [-0.25, -0.2) is 4.79 Å². The van der Waals surface area contributed by atoms with Crippen LogP contribution in [0.1, 0.15) is 20.3 Å². The number of esters is 1. The van der Waals surface area contributed by atoms with E-state index in [1.165, 1.54) is 7.11 Å². The molecule has 0 aromatic rings. The summed E-state index contributed by atoms with van der Waals surface area (Å²) in [7, 11) is 1.25. The van der Waals surface area contributed by atoms with E-state index < -0.39 is 17.9 Å². The molecule has 0 saturated heterocycles. The Kier molecular flexibility index (Phi) is 5.97. The molecular weight excluding hydrogens is 198 g/mol. The summed E-state index contributed by atoms with van der Waals surface area (Å²) in [5, 5.41) is 2.38. The second-order valence-electron chi connectivity index (χ2n) is 3.46. The summed E-state index contributed by atoms with van der Waals surface area (Å²) in [5.41, 5.74) is 8.12. The maximum atomic E-state index is 11.2. The largest absolute Gasteiger partial charge is 0.467 e. The molecule has 0 rings (SSSR count). The highest BCUT2D eigenvalue weighted by molar-refractivity contribution is 6.24. The van der Waals surface area contributed by atoms with Gasteiger partial charge in [0.05, 0.1) is 7.11 Å². The van der Waals surface area contributed by atoms with E-state index in [2.05, 4.69) is 14.8 Å². The van der Waals surface area contributed by atoms with Gasteiger partial charge in [-0.2, -0.15) is 4.79 Å². The predicted molar refractivity (Wildman–Crippen MR) is 53.1 cm³/mol. The van der Waals surface area contributed by atoms with Gasteiger partial charge in [-0.3, -0.25) is 4.79 Å². The molecule has 0 aliphatic rings. The second kappa shape index (κ2) is 6.73. The van der Waals surface area contributed by atoms with Gasteiger partial charge < -0.3 is 15.6 Å². The summed E-state index contributed by atoms with van der Waals surface area (Å²) in [6, 6.07) is -0.708. The zero-order chi connectivity index (χ0) is 11.8. The monoisotopic (exact) mass is 213 g/mol. The number of carbonyl (C=O) groups excluding carboxylic acids is 2. The lowest BCUT2D eigenvalue weighted by molar-refractivity contribution is -0.145. The van der Waals surface area contributed by atoms with Crippen molar-refractivity contribution >= 4 is 18.1 Å². The van der Waals surface area contributed by atoms with Crippen molar-refractivity contribution in [3.05, 3.63) is 5.53 Å². The standard InChI is InChI=1S/C9H15N3O3/c1-6(2)4-7(9(14)15-3)12-8(13)5-11-10/h5-7H,4H2,1-3H3,(H,12,13)/t7-/m0/s1. The molecular formula is C9H15N3O3. The number of amides is 1. The molecule has 0 bridgehead atoms. The normalized spacial score (nSPS) is 11.5. The molecule has 84 valence electrons. The van der Waals surface area contributed by atoms with Gasteiger partial charge in [0.25, 0.3) is 0 Å². The number of carbonyl (C=O) groups is 2. The third kappa shape index (κ3) is 5.59. The van der Waals surface area contributed by atoms with E-state index in [0.29, 0.717) is 12.6 Å². The highest BCUT2D eigenvalue weighted by Gasteiger charge is 2.22. The molecule has 0 aliphatic carbocycles. The molecule has 0 unspecified atom stereocenters. The van der Waals surface area contributed by atoms with Crippen LogP contribution in [0.2, 0.25) is 0 Å². The van der Waals surface area contributed by atoms with Crippen LogP contribution >= 0.6 is 0 Å². The van der Waals surface area contributed by atoms with Gasteiger partial charge in [0.15, 0.2) is 0 Å². The SMILES string of the molecule is COC(=O)[C@H](CC(C)C)NC(=O)C=[N+]=[N-]. The average Bonchev–Trinajstić information content (AvgIpc) is 2.15. The van der Waals surface area contributed by atoms with E-state index in [9.17, 15) is 9.59 Å². The van der Waals surface area contributed by atoms with Crippen molar-refractivity contribution in [2.45, 2.75) is 26.3 Å². The summed E-state index contributed by atoms with van der Waals surface area (Å²) in [4.78, 5) is 24.8. The van der Waals surface area contributed by atoms with Crippen molar-refractivity contribution < 1.29 is 19.1 Å². The Balaban J connectivity index is 4.43. The lowest BCUT2D eigenvalue weighted by Gasteiger charge is -2.16. The molecule has 0 fully saturated rings. The number of nitrogens with one attached hydrogen (secondary N) is 1. The fourth-order valence-electron chi connectivity index (χ4n) is 1.09. The Labute approximate surface area is 88.2 Å². The maximum absolute atomic E-state index is 11.2. The molecule has 1 N–H and O–H groups in total. The molecule has 0 saturated carbocycles. The Bertz CT molecular complexity index is 282. The second-order valence-corrected chi connectivity index (χ2v) is 3.46. The minimum atomic E-state index is -0.708. The number of hydrogen-bond acceptors (Lipinski definition) is 3. The number of methoxy groups -OCH3 is 1. The van der Waals surface area contributed by atoms with Gasteiger partial charge in [-0.15, -0.1) is 0 Å². The maximum Gasteiger partial charge on any atom is 0.344 e. The van der Waals surface area contributed by atoms with Crippen LogP contribution in [0.15, 0.2) is 0 Å². The lowest BCUT2D eigenvalue weighted by Crippen LogP contribution is -2.42. The highest BCUT2D eigenvalue weighted by atomic mass is 16.5. The van der Waals surface area contributed by atoms with Crippen LogP contribution in [-0.4, -0.2) is 36.0 Å². The van der Waals surface area contributed by atoms with Crippen LogP contribution in [0.4, 0.5) is 0 Å². The molecule has 6 nitrogen and oxygen atoms in total. The fourth-order valence-corrected chi connectivity index (χ4v) is 1.09. The minimum absolute atomic E-state index is 0.237. The Hall–Kier alpha value is -1.68. The third-order valence-corrected chi connectivity index (χ3v) is 1.68. The van der Waals surface area contributed by atoms with E-state index >= 15 is 0 Å². The van der Waals surface area contributed by atoms with Gasteiger partial charge in [-0.1, -0.05) is 13.8 Å². The molecule has 0 heterocycles. The first-order chi connectivity index (χ1) is 7.01. The van der Waals surface area contributed by atoms with E-state index in [-0.39, 0.29) is 5.92 Å². The van der Waals surface area contributed by atoms with Gasteiger partial charge in [-0.05, 0) is 12.3 Å². The number of ether oxygens (including phenoxy) is 1. The Morgan fingerprint density at radius 3 is 2.53 bits per heavy atom. The van der Waals surface area contributed by atoms with Crippen molar-refractivity contribution in [3.8, 4) is 0 Å². The number of rotatable bonds is 5. The van der Waals surface area contributed by atoms with Gasteiger partial charge in [0.2, 0.25) is 0 Å². The number of hydrogen-bond donors (Lipinski definition) is 1. The zero-order valence-electron chi connectivity index (χ0n) is 9.06. The van der Waals surface area contributed by atoms with Gasteiger partial charge >= 0.3 is 18.1 Å². The summed E-state index contributed by atoms with van der Waals surface area (Å²) in [5.74, 6) is -0.905. The zero-order valence-corrected chi connectivity index (χ0v) is 9.06. The predicted octanol–water partition coefficient (Wildman–Crippen LogP) is -0.00910. The Morgan fingerprint density at radius 1 is 1.53 bits per heavy atom. The topological polar surface area (TPSA) is 91.8 Å². The van der Waals surface area contributed by atoms with Crippen LogP contribution in [0.25, 0.3) is 5.53 Å². The molecule has 1 amide bonds. The van der Waals surface area contributed by atoms with Crippen LogP contribution < -0.4 is 5.32 Å². The van der Waals surface area contributed by atoms with Gasteiger partial charge in [0.1, 0.15) is 6.04 Å². The molecule has 0 radical (unpaired) electrons. The summed E-state index contributed by atoms with van der Waals surface area (Å²) in [6.07, 6.45) is 1.16. The Morgan fingerprint density at radius 2 is 2.13 bits per heavy atom. The number of nitrogens with zero attached hydrogens (tertiary/aromatic N) is 2. The molecule has 0 spiro atoms. The molecule has 0 aromatic carbocycles. The van der Waals surface area contributed by atoms with Crippen LogP contribution in [0.3, 0.4) is 0 Å². The van der Waals surface area contributed by atoms with E-state index in [0.717, 1.165) is 0 Å². The van der Waals surface area contributed by atoms with Crippen molar-refractivity contribution in [2.75, 3.05) is 7.11 Å². The first kappa shape index (κ1) is 13.3. The third-order valence-electron chi connectivity index (χ3n) is 1.68. The van der Waals surface area contributed by atoms with E-state index in [4.69, 9.17) is 5.53 Å². The molecule has 1 atom stereocenters. The highest BCUT2D eigenvalue weighted by Crippen LogP contribution is 2.05. The average molecular weight is 213 g/mol. The summed E-state index contributed by atoms with van der Waals surface area (Å²) >= 11 is 0. The summed E-state index contributed by atoms with van der Waals surface area (Å²) in [6.45, 7) is 3.84. The smallest absolute Gasteiger partial charge is 0.344 e. The lowest BCUT2D eigenvalue weighted by atomic mass is 10.0. The fraction of sp³-hybridized carbons (Fsp3) is 0.667. The molecule has 0 aromatic heterocycles. The van der Waals surface area contributed by atoms with Crippen molar-refractivity contribution in [2.24, 2.45) is 5.92 Å². The van der Waals surface area contributed by atoms with E-state index in [1.807, 2.05) is 13.8 Å².